The lowest BCUT2D eigenvalue weighted by molar-refractivity contribution is -0.136. The van der Waals surface area contributed by atoms with E-state index in [1.807, 2.05) is 0 Å². The fourth-order valence-electron chi connectivity index (χ4n) is 3.31. The maximum Gasteiger partial charge on any atom is 0.336 e. The Labute approximate surface area is 194 Å². The molecule has 0 radical (unpaired) electrons. The van der Waals surface area contributed by atoms with Gasteiger partial charge in [0.15, 0.2) is 0 Å². The number of thioether (sulfide) groups is 1. The number of benzene rings is 2. The molecule has 2 aromatic carbocycles. The van der Waals surface area contributed by atoms with E-state index < -0.39 is 17.7 Å². The average molecular weight is 472 g/mol. The summed E-state index contributed by atoms with van der Waals surface area (Å²) in [6, 6.07) is 14.8. The number of amides is 1. The second-order valence-corrected chi connectivity index (χ2v) is 8.17. The maximum absolute atomic E-state index is 14.7. The van der Waals surface area contributed by atoms with E-state index in [1.165, 1.54) is 25.3 Å². The molecular formula is C23H19ClFN3O3S. The molecular weight excluding hydrogens is 453 g/mol. The molecule has 1 aliphatic rings. The van der Waals surface area contributed by atoms with E-state index >= 15 is 0 Å². The third-order valence-corrected chi connectivity index (χ3v) is 6.11. The number of hydrogen-bond acceptors (Lipinski definition) is 6. The van der Waals surface area contributed by atoms with Gasteiger partial charge in [-0.25, -0.2) is 9.18 Å². The molecule has 0 saturated carbocycles. The number of rotatable bonds is 6. The van der Waals surface area contributed by atoms with Gasteiger partial charge in [-0.3, -0.25) is 4.79 Å². The Morgan fingerprint density at radius 1 is 1.25 bits per heavy atom. The highest BCUT2D eigenvalue weighted by atomic mass is 35.5. The van der Waals surface area contributed by atoms with Crippen molar-refractivity contribution in [2.75, 3.05) is 18.2 Å². The molecule has 0 unspecified atom stereocenters. The molecule has 0 saturated heterocycles. The van der Waals surface area contributed by atoms with Crippen molar-refractivity contribution in [3.8, 4) is 6.07 Å². The van der Waals surface area contributed by atoms with Crippen LogP contribution in [0.25, 0.3) is 0 Å². The van der Waals surface area contributed by atoms with Crippen molar-refractivity contribution >= 4 is 40.9 Å². The summed E-state index contributed by atoms with van der Waals surface area (Å²) >= 11 is 7.15. The summed E-state index contributed by atoms with van der Waals surface area (Å²) in [6.07, 6.45) is 0. The predicted octanol–water partition coefficient (Wildman–Crippen LogP) is 4.72. The molecule has 0 bridgehead atoms. The minimum atomic E-state index is -0.968. The van der Waals surface area contributed by atoms with Gasteiger partial charge >= 0.3 is 5.97 Å². The molecule has 9 heteroatoms. The molecule has 6 nitrogen and oxygen atoms in total. The van der Waals surface area contributed by atoms with Gasteiger partial charge in [0.2, 0.25) is 5.91 Å². The van der Waals surface area contributed by atoms with E-state index in [4.69, 9.17) is 16.3 Å². The van der Waals surface area contributed by atoms with Crippen LogP contribution in [-0.2, 0) is 14.3 Å². The average Bonchev–Trinajstić information content (AvgIpc) is 2.78. The summed E-state index contributed by atoms with van der Waals surface area (Å²) in [5.41, 5.74) is 1.32. The maximum atomic E-state index is 14.7. The van der Waals surface area contributed by atoms with Crippen LogP contribution in [0.2, 0.25) is 5.02 Å². The Morgan fingerprint density at radius 2 is 1.94 bits per heavy atom. The summed E-state index contributed by atoms with van der Waals surface area (Å²) < 4.78 is 19.5. The molecule has 2 aromatic rings. The van der Waals surface area contributed by atoms with Gasteiger partial charge in [-0.15, -0.1) is 0 Å². The van der Waals surface area contributed by atoms with Crippen molar-refractivity contribution < 1.29 is 18.7 Å². The molecule has 0 aliphatic carbocycles. The van der Waals surface area contributed by atoms with Crippen LogP contribution < -0.4 is 10.6 Å². The summed E-state index contributed by atoms with van der Waals surface area (Å²) in [7, 11) is 1.22. The van der Waals surface area contributed by atoms with Gasteiger partial charge < -0.3 is 15.4 Å². The quantitative estimate of drug-likeness (QED) is 0.592. The van der Waals surface area contributed by atoms with Gasteiger partial charge in [0.1, 0.15) is 5.82 Å². The second kappa shape index (κ2) is 10.4. The number of carbonyl (C=O) groups is 2. The van der Waals surface area contributed by atoms with E-state index in [1.54, 1.807) is 37.3 Å². The molecule has 1 aliphatic heterocycles. The van der Waals surface area contributed by atoms with E-state index in [2.05, 4.69) is 16.7 Å². The normalized spacial score (nSPS) is 15.7. The lowest BCUT2D eigenvalue weighted by Crippen LogP contribution is -2.29. The third kappa shape index (κ3) is 4.96. The lowest BCUT2D eigenvalue weighted by Gasteiger charge is -2.29. The van der Waals surface area contributed by atoms with E-state index in [0.29, 0.717) is 21.4 Å². The number of ether oxygens (including phenoxy) is 1. The first kappa shape index (κ1) is 23.4. The van der Waals surface area contributed by atoms with Crippen molar-refractivity contribution in [3.63, 3.8) is 0 Å². The van der Waals surface area contributed by atoms with Crippen molar-refractivity contribution in [3.05, 3.63) is 86.8 Å². The zero-order valence-electron chi connectivity index (χ0n) is 17.2. The largest absolute Gasteiger partial charge is 0.466 e. The molecule has 164 valence electrons. The van der Waals surface area contributed by atoms with Crippen LogP contribution in [-0.4, -0.2) is 24.7 Å². The van der Waals surface area contributed by atoms with Crippen LogP contribution in [0.4, 0.5) is 10.1 Å². The monoisotopic (exact) mass is 471 g/mol. The fraction of sp³-hybridized carbons (Fsp3) is 0.174. The van der Waals surface area contributed by atoms with Gasteiger partial charge in [-0.2, -0.15) is 5.26 Å². The van der Waals surface area contributed by atoms with Crippen molar-refractivity contribution in [1.82, 2.24) is 5.32 Å². The molecule has 32 heavy (non-hydrogen) atoms. The number of esters is 1. The number of hydrogen-bond donors (Lipinski definition) is 2. The standard InChI is InChI=1S/C23H19ClFN3O3S/c1-13-20(23(30)31-2)21(14-7-3-5-9-17(14)25)15(11-26)22(27-13)32-12-19(29)28-18-10-6-4-8-16(18)24/h3-10,21,27H,12H2,1-2H3,(H,28,29)/t21-/m0/s1. The van der Waals surface area contributed by atoms with Crippen LogP contribution >= 0.6 is 23.4 Å². The number of halogens is 2. The van der Waals surface area contributed by atoms with Crippen molar-refractivity contribution in [2.24, 2.45) is 0 Å². The highest BCUT2D eigenvalue weighted by Gasteiger charge is 2.36. The lowest BCUT2D eigenvalue weighted by atomic mass is 9.82. The SMILES string of the molecule is COC(=O)C1=C(C)NC(SCC(=O)Nc2ccccc2Cl)=C(C#N)[C@@H]1c1ccccc1F. The Balaban J connectivity index is 1.92. The molecule has 0 spiro atoms. The zero-order valence-corrected chi connectivity index (χ0v) is 18.8. The number of nitrogens with one attached hydrogen (secondary N) is 2. The molecule has 0 aromatic heterocycles. The Hall–Kier alpha value is -3.28. The van der Waals surface area contributed by atoms with Crippen LogP contribution in [0.5, 0.6) is 0 Å². The Morgan fingerprint density at radius 3 is 2.59 bits per heavy atom. The van der Waals surface area contributed by atoms with Crippen molar-refractivity contribution in [2.45, 2.75) is 12.8 Å². The number of carbonyl (C=O) groups excluding carboxylic acids is 2. The minimum absolute atomic E-state index is 0.0381. The van der Waals surface area contributed by atoms with Gasteiger partial charge in [0.05, 0.1) is 51.7 Å². The van der Waals surface area contributed by atoms with Crippen LogP contribution in [0.3, 0.4) is 0 Å². The summed E-state index contributed by atoms with van der Waals surface area (Å²) in [4.78, 5) is 24.9. The van der Waals surface area contributed by atoms with Crippen LogP contribution in [0.1, 0.15) is 18.4 Å². The number of allylic oxidation sites excluding steroid dienone is 2. The number of para-hydroxylation sites is 1. The predicted molar refractivity (Wildman–Crippen MR) is 122 cm³/mol. The molecule has 3 rings (SSSR count). The van der Waals surface area contributed by atoms with Crippen LogP contribution in [0, 0.1) is 17.1 Å². The first-order valence-electron chi connectivity index (χ1n) is 9.49. The molecule has 0 fully saturated rings. The van der Waals surface area contributed by atoms with Crippen LogP contribution in [0.15, 0.2) is 70.4 Å². The zero-order chi connectivity index (χ0) is 23.3. The summed E-state index contributed by atoms with van der Waals surface area (Å²) in [5, 5.41) is 16.4. The van der Waals surface area contributed by atoms with Gasteiger partial charge in [0.25, 0.3) is 0 Å². The van der Waals surface area contributed by atoms with E-state index in [0.717, 1.165) is 11.8 Å². The fourth-order valence-corrected chi connectivity index (χ4v) is 4.39. The molecule has 1 heterocycles. The van der Waals surface area contributed by atoms with E-state index in [-0.39, 0.29) is 28.4 Å². The van der Waals surface area contributed by atoms with Gasteiger partial charge in [-0.05, 0) is 25.1 Å². The number of nitriles is 1. The Kier molecular flexibility index (Phi) is 7.57. The summed E-state index contributed by atoms with van der Waals surface area (Å²) in [6.45, 7) is 1.64. The number of anilines is 1. The highest BCUT2D eigenvalue weighted by Crippen LogP contribution is 2.41. The smallest absolute Gasteiger partial charge is 0.336 e. The van der Waals surface area contributed by atoms with Gasteiger partial charge in [-0.1, -0.05) is 53.7 Å². The summed E-state index contributed by atoms with van der Waals surface area (Å²) in [5.74, 6) is -2.57. The topological polar surface area (TPSA) is 91.2 Å². The number of methoxy groups -OCH3 is 1. The molecule has 1 atom stereocenters. The minimum Gasteiger partial charge on any atom is -0.466 e. The Bertz CT molecular complexity index is 1170. The second-order valence-electron chi connectivity index (χ2n) is 6.78. The molecule has 2 N–H and O–H groups in total. The first-order valence-corrected chi connectivity index (χ1v) is 10.9. The number of nitrogens with zero attached hydrogens (tertiary/aromatic N) is 1. The third-order valence-electron chi connectivity index (χ3n) is 4.76. The number of dihydropyridines is 1. The first-order chi connectivity index (χ1) is 15.4. The van der Waals surface area contributed by atoms with Gasteiger partial charge in [0, 0.05) is 11.3 Å². The highest BCUT2D eigenvalue weighted by molar-refractivity contribution is 8.03. The van der Waals surface area contributed by atoms with E-state index in [9.17, 15) is 19.2 Å². The van der Waals surface area contributed by atoms with Crippen molar-refractivity contribution in [1.29, 1.82) is 5.26 Å². The molecule has 1 amide bonds.